The van der Waals surface area contributed by atoms with Crippen molar-refractivity contribution in [1.82, 2.24) is 0 Å². The fourth-order valence-electron chi connectivity index (χ4n) is 4.57. The lowest BCUT2D eigenvalue weighted by Crippen LogP contribution is -2.07. The average Bonchev–Trinajstić information content (AvgIpc) is 2.83. The van der Waals surface area contributed by atoms with Gasteiger partial charge in [0.2, 0.25) is 0 Å². The largest absolute Gasteiger partial charge is 0.427 e. The maximum atomic E-state index is 12.0. The van der Waals surface area contributed by atoms with Gasteiger partial charge in [0, 0.05) is 6.42 Å². The summed E-state index contributed by atoms with van der Waals surface area (Å²) in [5, 5.41) is 0. The number of allylic oxidation sites excluding steroid dienone is 2. The highest BCUT2D eigenvalue weighted by molar-refractivity contribution is 5.74. The number of hydrogen-bond donors (Lipinski definition) is 0. The summed E-state index contributed by atoms with van der Waals surface area (Å²) >= 11 is 0. The molecule has 1 atom stereocenters. The summed E-state index contributed by atoms with van der Waals surface area (Å²) in [4.78, 5) is 12.0. The molecule has 1 unspecified atom stereocenters. The van der Waals surface area contributed by atoms with Crippen LogP contribution in [0, 0.1) is 5.92 Å². The zero-order valence-corrected chi connectivity index (χ0v) is 20.1. The van der Waals surface area contributed by atoms with E-state index in [1.807, 2.05) is 24.3 Å². The van der Waals surface area contributed by atoms with Gasteiger partial charge in [-0.2, -0.15) is 0 Å². The number of carbonyl (C=O) groups excluding carboxylic acids is 1. The molecule has 0 radical (unpaired) electrons. The predicted octanol–water partition coefficient (Wildman–Crippen LogP) is 8.99. The lowest BCUT2D eigenvalue weighted by Gasteiger charge is -2.22. The van der Waals surface area contributed by atoms with E-state index in [4.69, 9.17) is 4.74 Å². The van der Waals surface area contributed by atoms with Crippen molar-refractivity contribution >= 4 is 11.5 Å². The molecule has 0 amide bonds. The highest BCUT2D eigenvalue weighted by Gasteiger charge is 2.15. The highest BCUT2D eigenvalue weighted by atomic mass is 16.5. The quantitative estimate of drug-likeness (QED) is 0.190. The van der Waals surface area contributed by atoms with E-state index in [2.05, 4.69) is 44.2 Å². The Hall–Kier alpha value is -2.35. The molecule has 0 bridgehead atoms. The van der Waals surface area contributed by atoms with Crippen LogP contribution in [-0.4, -0.2) is 5.97 Å². The van der Waals surface area contributed by atoms with Crippen molar-refractivity contribution in [3.8, 4) is 16.9 Å². The highest BCUT2D eigenvalue weighted by Crippen LogP contribution is 2.33. The Morgan fingerprint density at radius 3 is 2.06 bits per heavy atom. The van der Waals surface area contributed by atoms with Crippen LogP contribution in [0.4, 0.5) is 0 Å². The smallest absolute Gasteiger partial charge is 0.311 e. The lowest BCUT2D eigenvalue weighted by molar-refractivity contribution is -0.134. The van der Waals surface area contributed by atoms with Gasteiger partial charge in [-0.25, -0.2) is 0 Å². The SMILES string of the molecule is CCCCCCC(=O)Oc1ccc(-c2ccc(C3=CCC(CCCCC)CC3)cc2)cc1. The minimum absolute atomic E-state index is 0.133. The fourth-order valence-corrected chi connectivity index (χ4v) is 4.57. The molecule has 0 aromatic heterocycles. The molecule has 2 nitrogen and oxygen atoms in total. The zero-order chi connectivity index (χ0) is 22.6. The molecule has 2 aromatic rings. The standard InChI is InChI=1S/C30H40O2/c1-3-5-7-9-11-30(31)32-29-22-20-28(21-23-29)27-18-16-26(17-19-27)25-14-12-24(13-15-25)10-8-6-4-2/h14,16-24H,3-13,15H2,1-2H3. The molecule has 2 aromatic carbocycles. The van der Waals surface area contributed by atoms with E-state index >= 15 is 0 Å². The number of rotatable bonds is 12. The molecular weight excluding hydrogens is 392 g/mol. The Labute approximate surface area is 195 Å². The summed E-state index contributed by atoms with van der Waals surface area (Å²) in [6, 6.07) is 16.8. The van der Waals surface area contributed by atoms with Crippen molar-refractivity contribution in [2.75, 3.05) is 0 Å². The third kappa shape index (κ3) is 7.65. The maximum Gasteiger partial charge on any atom is 0.311 e. The van der Waals surface area contributed by atoms with Gasteiger partial charge in [0.05, 0.1) is 0 Å². The van der Waals surface area contributed by atoms with Gasteiger partial charge < -0.3 is 4.74 Å². The van der Waals surface area contributed by atoms with E-state index in [-0.39, 0.29) is 5.97 Å². The van der Waals surface area contributed by atoms with Crippen LogP contribution in [0.3, 0.4) is 0 Å². The van der Waals surface area contributed by atoms with Crippen LogP contribution in [0.5, 0.6) is 5.75 Å². The predicted molar refractivity (Wildman–Crippen MR) is 136 cm³/mol. The molecule has 0 fully saturated rings. The first-order chi connectivity index (χ1) is 15.7. The summed E-state index contributed by atoms with van der Waals surface area (Å²) in [5.41, 5.74) is 5.20. The molecule has 1 aliphatic carbocycles. The zero-order valence-electron chi connectivity index (χ0n) is 20.1. The second-order valence-electron chi connectivity index (χ2n) is 9.25. The first-order valence-electron chi connectivity index (χ1n) is 12.8. The third-order valence-electron chi connectivity index (χ3n) is 6.64. The van der Waals surface area contributed by atoms with Gasteiger partial charge in [-0.05, 0) is 66.0 Å². The second-order valence-corrected chi connectivity index (χ2v) is 9.25. The molecule has 0 spiro atoms. The van der Waals surface area contributed by atoms with Crippen molar-refractivity contribution in [3.05, 3.63) is 60.2 Å². The fraction of sp³-hybridized carbons (Fsp3) is 0.500. The molecule has 172 valence electrons. The molecule has 0 heterocycles. The van der Waals surface area contributed by atoms with E-state index < -0.39 is 0 Å². The van der Waals surface area contributed by atoms with E-state index in [1.165, 1.54) is 74.5 Å². The molecule has 0 aliphatic heterocycles. The van der Waals surface area contributed by atoms with E-state index in [9.17, 15) is 4.79 Å². The second kappa shape index (κ2) is 13.3. The molecule has 0 N–H and O–H groups in total. The molecule has 1 aliphatic rings. The van der Waals surface area contributed by atoms with Crippen LogP contribution in [0.25, 0.3) is 16.7 Å². The van der Waals surface area contributed by atoms with E-state index in [0.717, 1.165) is 24.3 Å². The van der Waals surface area contributed by atoms with Gasteiger partial charge in [0.1, 0.15) is 5.75 Å². The van der Waals surface area contributed by atoms with Crippen LogP contribution >= 0.6 is 0 Å². The monoisotopic (exact) mass is 432 g/mol. The third-order valence-corrected chi connectivity index (χ3v) is 6.64. The van der Waals surface area contributed by atoms with Crippen LogP contribution in [0.15, 0.2) is 54.6 Å². The molecule has 3 rings (SSSR count). The maximum absolute atomic E-state index is 12.0. The summed E-state index contributed by atoms with van der Waals surface area (Å²) in [6.07, 6.45) is 16.6. The van der Waals surface area contributed by atoms with Crippen molar-refractivity contribution in [2.45, 2.75) is 90.9 Å². The van der Waals surface area contributed by atoms with Gasteiger partial charge in [0.15, 0.2) is 0 Å². The Morgan fingerprint density at radius 1 is 0.812 bits per heavy atom. The summed E-state index contributed by atoms with van der Waals surface area (Å²) < 4.78 is 5.48. The molecule has 2 heteroatoms. The van der Waals surface area contributed by atoms with Crippen molar-refractivity contribution in [1.29, 1.82) is 0 Å². The van der Waals surface area contributed by atoms with Crippen molar-refractivity contribution in [3.63, 3.8) is 0 Å². The minimum Gasteiger partial charge on any atom is -0.427 e. The lowest BCUT2D eigenvalue weighted by atomic mass is 9.83. The van der Waals surface area contributed by atoms with Crippen LogP contribution in [-0.2, 0) is 4.79 Å². The van der Waals surface area contributed by atoms with Crippen LogP contribution < -0.4 is 4.74 Å². The van der Waals surface area contributed by atoms with Crippen molar-refractivity contribution < 1.29 is 9.53 Å². The number of hydrogen-bond acceptors (Lipinski definition) is 2. The average molecular weight is 433 g/mol. The van der Waals surface area contributed by atoms with Gasteiger partial charge in [-0.15, -0.1) is 0 Å². The topological polar surface area (TPSA) is 26.3 Å². The molecular formula is C30H40O2. The first-order valence-corrected chi connectivity index (χ1v) is 12.8. The van der Waals surface area contributed by atoms with Gasteiger partial charge in [-0.3, -0.25) is 4.79 Å². The van der Waals surface area contributed by atoms with Crippen LogP contribution in [0.1, 0.15) is 96.5 Å². The Kier molecular flexibility index (Phi) is 10.1. The Morgan fingerprint density at radius 2 is 1.44 bits per heavy atom. The van der Waals surface area contributed by atoms with Crippen molar-refractivity contribution in [2.24, 2.45) is 5.92 Å². The summed E-state index contributed by atoms with van der Waals surface area (Å²) in [5.74, 6) is 1.38. The molecule has 0 saturated heterocycles. The van der Waals surface area contributed by atoms with Crippen LogP contribution in [0.2, 0.25) is 0 Å². The first kappa shape index (κ1) is 24.3. The van der Waals surface area contributed by atoms with E-state index in [1.54, 1.807) is 0 Å². The normalized spacial score (nSPS) is 15.9. The van der Waals surface area contributed by atoms with Gasteiger partial charge >= 0.3 is 5.97 Å². The number of ether oxygens (including phenoxy) is 1. The number of carbonyl (C=O) groups is 1. The molecule has 32 heavy (non-hydrogen) atoms. The summed E-state index contributed by atoms with van der Waals surface area (Å²) in [6.45, 7) is 4.45. The van der Waals surface area contributed by atoms with Gasteiger partial charge in [-0.1, -0.05) is 101 Å². The van der Waals surface area contributed by atoms with Gasteiger partial charge in [0.25, 0.3) is 0 Å². The Bertz CT molecular complexity index is 845. The number of benzene rings is 2. The number of esters is 1. The minimum atomic E-state index is -0.133. The molecule has 0 saturated carbocycles. The van der Waals surface area contributed by atoms with E-state index in [0.29, 0.717) is 12.2 Å². The number of unbranched alkanes of at least 4 members (excludes halogenated alkanes) is 5. The summed E-state index contributed by atoms with van der Waals surface area (Å²) in [7, 11) is 0. The Balaban J connectivity index is 1.51.